The summed E-state index contributed by atoms with van der Waals surface area (Å²) in [6.07, 6.45) is 4.34. The molecular weight excluding hydrogens is 740 g/mol. The number of nitrogens with two attached hydrogens (primary N) is 1. The van der Waals surface area contributed by atoms with E-state index in [9.17, 15) is 25.1 Å². The van der Waals surface area contributed by atoms with Crippen molar-refractivity contribution >= 4 is 23.5 Å². The molecule has 298 valence electrons. The topological polar surface area (TPSA) is 209 Å². The fourth-order valence-corrected chi connectivity index (χ4v) is 6.43. The van der Waals surface area contributed by atoms with Crippen LogP contribution in [0.4, 0.5) is 0 Å². The van der Waals surface area contributed by atoms with Crippen LogP contribution in [0.1, 0.15) is 53.1 Å². The van der Waals surface area contributed by atoms with Crippen molar-refractivity contribution in [3.8, 4) is 34.4 Å². The molecule has 1 aliphatic rings. The number of carbonyl (C=O) groups is 2. The van der Waals surface area contributed by atoms with Gasteiger partial charge in [0.15, 0.2) is 0 Å². The zero-order valence-electron chi connectivity index (χ0n) is 31.8. The van der Waals surface area contributed by atoms with E-state index in [1.807, 2.05) is 31.2 Å². The van der Waals surface area contributed by atoms with Gasteiger partial charge in [-0.1, -0.05) is 41.9 Å². The molecule has 0 aliphatic carbocycles. The molecule has 0 bridgehead atoms. The Hall–Kier alpha value is -5.23. The van der Waals surface area contributed by atoms with E-state index in [1.165, 1.54) is 13.1 Å². The van der Waals surface area contributed by atoms with Crippen LogP contribution in [-0.2, 0) is 29.3 Å². The van der Waals surface area contributed by atoms with Crippen LogP contribution < -0.4 is 19.9 Å². The second-order valence-corrected chi connectivity index (χ2v) is 14.2. The predicted octanol–water partition coefficient (Wildman–Crippen LogP) is 5.74. The Kier molecular flexibility index (Phi) is 16.0. The fourth-order valence-electron chi connectivity index (χ4n) is 6.19. The van der Waals surface area contributed by atoms with Crippen molar-refractivity contribution in [1.82, 2.24) is 9.88 Å². The Bertz CT molecular complexity index is 2020. The standard InChI is InChI=1S/C38H41ClN4O6.C4H8O3/c1-25-29(22-49-36-16-35(30(18-41)15-33(36)39)48-21-28-14-27(17-40)19-42-20-28)6-3-7-31(25)32-8-4-9-34(26(32)2)47-13-5-11-43-12-10-38(23-43,24-44)37(45)46;1-3(2-5)4(6)7/h3-4,6-9,14-16,19-20,44H,5,10-13,18,21-24,41H2,1-2H3,(H,45,46);3,5H,2H2,1H3,(H,6,7). The number of ether oxygens (including phenoxy) is 3. The van der Waals surface area contributed by atoms with Crippen LogP contribution in [0.15, 0.2) is 67.0 Å². The van der Waals surface area contributed by atoms with Gasteiger partial charge in [-0.3, -0.25) is 14.6 Å². The molecule has 2 unspecified atom stereocenters. The molecule has 3 aromatic carbocycles. The SMILES string of the molecule is CC(CO)C(=O)O.Cc1c(COc2cc(OCc3cncc(C#N)c3)c(CN)cc2Cl)cccc1-c1cccc(OCCCN2CCC(CO)(C(=O)O)C2)c1C. The highest BCUT2D eigenvalue weighted by Gasteiger charge is 2.44. The summed E-state index contributed by atoms with van der Waals surface area (Å²) in [6.45, 7) is 7.84. The summed E-state index contributed by atoms with van der Waals surface area (Å²) in [5, 5.41) is 44.9. The summed E-state index contributed by atoms with van der Waals surface area (Å²) in [5.41, 5.74) is 12.1. The van der Waals surface area contributed by atoms with Crippen LogP contribution in [0.2, 0.25) is 5.02 Å². The maximum absolute atomic E-state index is 11.6. The maximum Gasteiger partial charge on any atom is 0.313 e. The van der Waals surface area contributed by atoms with Crippen molar-refractivity contribution in [2.24, 2.45) is 17.1 Å². The third-order valence-corrected chi connectivity index (χ3v) is 10.1. The van der Waals surface area contributed by atoms with Crippen molar-refractivity contribution in [2.75, 3.05) is 39.5 Å². The molecule has 0 radical (unpaired) electrons. The molecule has 1 aliphatic heterocycles. The van der Waals surface area contributed by atoms with Gasteiger partial charge < -0.3 is 45.3 Å². The first-order valence-electron chi connectivity index (χ1n) is 18.2. The summed E-state index contributed by atoms with van der Waals surface area (Å²) in [5.74, 6) is -0.716. The van der Waals surface area contributed by atoms with E-state index in [2.05, 4.69) is 35.0 Å². The number of pyridine rings is 1. The Morgan fingerprint density at radius 3 is 2.30 bits per heavy atom. The molecule has 13 nitrogen and oxygen atoms in total. The Labute approximate surface area is 331 Å². The third kappa shape index (κ3) is 11.2. The Morgan fingerprint density at radius 2 is 1.68 bits per heavy atom. The lowest BCUT2D eigenvalue weighted by Gasteiger charge is -2.22. The van der Waals surface area contributed by atoms with Crippen LogP contribution >= 0.6 is 11.6 Å². The van der Waals surface area contributed by atoms with Crippen molar-refractivity contribution in [3.05, 3.63) is 105 Å². The molecule has 1 saturated heterocycles. The van der Waals surface area contributed by atoms with Crippen LogP contribution in [0.3, 0.4) is 0 Å². The molecule has 0 spiro atoms. The number of nitriles is 1. The number of aliphatic hydroxyl groups is 2. The van der Waals surface area contributed by atoms with Gasteiger partial charge in [0, 0.05) is 49.2 Å². The van der Waals surface area contributed by atoms with Gasteiger partial charge >= 0.3 is 11.9 Å². The van der Waals surface area contributed by atoms with Crippen molar-refractivity contribution < 1.29 is 44.2 Å². The summed E-state index contributed by atoms with van der Waals surface area (Å²) < 4.78 is 18.5. The van der Waals surface area contributed by atoms with Crippen LogP contribution in [0.25, 0.3) is 11.1 Å². The first kappa shape index (κ1) is 43.5. The predicted molar refractivity (Wildman–Crippen MR) is 211 cm³/mol. The summed E-state index contributed by atoms with van der Waals surface area (Å²) in [7, 11) is 0. The largest absolute Gasteiger partial charge is 0.493 e. The van der Waals surface area contributed by atoms with Gasteiger partial charge in [0.2, 0.25) is 0 Å². The Morgan fingerprint density at radius 1 is 0.964 bits per heavy atom. The number of carboxylic acids is 2. The van der Waals surface area contributed by atoms with Gasteiger partial charge in [-0.2, -0.15) is 5.26 Å². The minimum absolute atomic E-state index is 0.205. The number of aromatic nitrogens is 1. The van der Waals surface area contributed by atoms with Gasteiger partial charge in [0.25, 0.3) is 0 Å². The number of nitrogens with zero attached hydrogens (tertiary/aromatic N) is 3. The number of benzene rings is 3. The zero-order chi connectivity index (χ0) is 40.8. The van der Waals surface area contributed by atoms with E-state index in [4.69, 9.17) is 41.8 Å². The number of carboxylic acid groups (broad SMARTS) is 2. The molecule has 2 heterocycles. The van der Waals surface area contributed by atoms with Crippen molar-refractivity contribution in [2.45, 2.75) is 53.4 Å². The normalized spacial score (nSPS) is 15.6. The number of likely N-dealkylation sites (tertiary alicyclic amines) is 1. The molecule has 1 aromatic heterocycles. The molecule has 5 rings (SSSR count). The average molecular weight is 789 g/mol. The second kappa shape index (κ2) is 20.6. The molecule has 2 atom stereocenters. The minimum Gasteiger partial charge on any atom is -0.493 e. The van der Waals surface area contributed by atoms with E-state index in [0.29, 0.717) is 54.7 Å². The van der Waals surface area contributed by atoms with Gasteiger partial charge in [-0.25, -0.2) is 0 Å². The van der Waals surface area contributed by atoms with Crippen molar-refractivity contribution in [3.63, 3.8) is 0 Å². The number of rotatable bonds is 17. The van der Waals surface area contributed by atoms with Crippen LogP contribution in [0, 0.1) is 36.5 Å². The lowest BCUT2D eigenvalue weighted by Crippen LogP contribution is -2.38. The molecule has 0 saturated carbocycles. The van der Waals surface area contributed by atoms with Crippen LogP contribution in [-0.4, -0.2) is 81.7 Å². The second-order valence-electron chi connectivity index (χ2n) is 13.8. The van der Waals surface area contributed by atoms with Gasteiger partial charge in [-0.15, -0.1) is 0 Å². The van der Waals surface area contributed by atoms with E-state index >= 15 is 0 Å². The molecule has 0 amide bonds. The van der Waals surface area contributed by atoms with Gasteiger partial charge in [-0.05, 0) is 86.2 Å². The van der Waals surface area contributed by atoms with E-state index < -0.39 is 23.3 Å². The molecule has 4 aromatic rings. The van der Waals surface area contributed by atoms with Gasteiger partial charge in [0.1, 0.15) is 41.9 Å². The number of hydrogen-bond donors (Lipinski definition) is 5. The zero-order valence-corrected chi connectivity index (χ0v) is 32.6. The highest BCUT2D eigenvalue weighted by molar-refractivity contribution is 6.32. The first-order valence-corrected chi connectivity index (χ1v) is 18.6. The number of halogens is 1. The van der Waals surface area contributed by atoms with Crippen LogP contribution in [0.5, 0.6) is 17.2 Å². The van der Waals surface area contributed by atoms with E-state index in [-0.39, 0.29) is 33.0 Å². The smallest absolute Gasteiger partial charge is 0.313 e. The van der Waals surface area contributed by atoms with E-state index in [0.717, 1.165) is 51.1 Å². The maximum atomic E-state index is 11.6. The monoisotopic (exact) mass is 788 g/mol. The average Bonchev–Trinajstić information content (AvgIpc) is 3.64. The summed E-state index contributed by atoms with van der Waals surface area (Å²) >= 11 is 6.60. The molecule has 56 heavy (non-hydrogen) atoms. The lowest BCUT2D eigenvalue weighted by molar-refractivity contribution is -0.150. The highest BCUT2D eigenvalue weighted by atomic mass is 35.5. The number of hydrogen-bond acceptors (Lipinski definition) is 11. The lowest BCUT2D eigenvalue weighted by atomic mass is 9.88. The summed E-state index contributed by atoms with van der Waals surface area (Å²) in [4.78, 5) is 27.6. The van der Waals surface area contributed by atoms with Gasteiger partial charge in [0.05, 0.1) is 36.3 Å². The molecular formula is C42H49ClN4O9. The molecule has 1 fully saturated rings. The third-order valence-electron chi connectivity index (χ3n) is 9.82. The number of aliphatic carboxylic acids is 2. The fraction of sp³-hybridized carbons (Fsp3) is 0.381. The highest BCUT2D eigenvalue weighted by Crippen LogP contribution is 2.36. The summed E-state index contributed by atoms with van der Waals surface area (Å²) in [6, 6.07) is 19.4. The number of aliphatic hydroxyl groups excluding tert-OH is 2. The first-order chi connectivity index (χ1) is 26.9. The minimum atomic E-state index is -1.06. The van der Waals surface area contributed by atoms with E-state index in [1.54, 1.807) is 24.4 Å². The Balaban J connectivity index is 0.000000908. The molecule has 14 heteroatoms. The van der Waals surface area contributed by atoms with Crippen molar-refractivity contribution in [1.29, 1.82) is 5.26 Å². The molecule has 6 N–H and O–H groups in total. The quantitative estimate of drug-likeness (QED) is 0.0810.